The van der Waals surface area contributed by atoms with Crippen LogP contribution in [0.5, 0.6) is 0 Å². The van der Waals surface area contributed by atoms with Crippen molar-refractivity contribution in [3.05, 3.63) is 11.7 Å². The third-order valence-corrected chi connectivity index (χ3v) is 5.21. The van der Waals surface area contributed by atoms with E-state index in [1.807, 2.05) is 6.92 Å². The third kappa shape index (κ3) is 2.47. The average molecular weight is 292 g/mol. The highest BCUT2D eigenvalue weighted by Gasteiger charge is 2.52. The van der Waals surface area contributed by atoms with Gasteiger partial charge >= 0.3 is 5.97 Å². The van der Waals surface area contributed by atoms with Crippen molar-refractivity contribution in [3.8, 4) is 0 Å². The van der Waals surface area contributed by atoms with E-state index in [-0.39, 0.29) is 5.97 Å². The number of carbonyl (C=O) groups excluding carboxylic acids is 1. The molecular weight excluding hydrogens is 268 g/mol. The number of esters is 1. The summed E-state index contributed by atoms with van der Waals surface area (Å²) >= 11 is 0. The van der Waals surface area contributed by atoms with Gasteiger partial charge in [-0.15, -0.1) is 0 Å². The van der Waals surface area contributed by atoms with Crippen LogP contribution in [0.3, 0.4) is 0 Å². The summed E-state index contributed by atoms with van der Waals surface area (Å²) in [7, 11) is 0. The van der Waals surface area contributed by atoms with E-state index in [0.29, 0.717) is 18.4 Å². The first-order chi connectivity index (χ1) is 10.2. The third-order valence-electron chi connectivity index (χ3n) is 5.21. The average Bonchev–Trinajstić information content (AvgIpc) is 3.06. The van der Waals surface area contributed by atoms with Crippen molar-refractivity contribution in [2.45, 2.75) is 70.1 Å². The molecule has 0 spiro atoms. The summed E-state index contributed by atoms with van der Waals surface area (Å²) in [5, 5.41) is 4.16. The van der Waals surface area contributed by atoms with Crippen molar-refractivity contribution < 1.29 is 14.1 Å². The molecule has 0 aromatic carbocycles. The molecule has 2 atom stereocenters. The first kappa shape index (κ1) is 14.5. The number of carbonyl (C=O) groups is 1. The predicted octanol–water partition coefficient (Wildman–Crippen LogP) is 3.35. The Kier molecular flexibility index (Phi) is 4.00. The molecule has 5 nitrogen and oxygen atoms in total. The number of hydrogen-bond acceptors (Lipinski definition) is 5. The minimum Gasteiger partial charge on any atom is -0.465 e. The molecule has 2 fully saturated rings. The maximum atomic E-state index is 12.2. The second-order valence-electron chi connectivity index (χ2n) is 6.40. The first-order valence-electron chi connectivity index (χ1n) is 8.21. The van der Waals surface area contributed by atoms with E-state index in [4.69, 9.17) is 9.26 Å². The molecular formula is C16H24N2O3. The summed E-state index contributed by atoms with van der Waals surface area (Å²) in [6.07, 6.45) is 7.26. The Morgan fingerprint density at radius 3 is 2.76 bits per heavy atom. The molecule has 2 saturated carbocycles. The molecule has 1 heterocycles. The quantitative estimate of drug-likeness (QED) is 0.779. The summed E-state index contributed by atoms with van der Waals surface area (Å²) in [5.74, 6) is 2.23. The predicted molar refractivity (Wildman–Crippen MR) is 76.8 cm³/mol. The Morgan fingerprint density at radius 1 is 1.38 bits per heavy atom. The van der Waals surface area contributed by atoms with Gasteiger partial charge in [-0.25, -0.2) is 0 Å². The number of ether oxygens (including phenoxy) is 1. The zero-order chi connectivity index (χ0) is 14.9. The van der Waals surface area contributed by atoms with Gasteiger partial charge < -0.3 is 9.26 Å². The molecule has 3 rings (SSSR count). The normalized spacial score (nSPS) is 27.3. The molecule has 21 heavy (non-hydrogen) atoms. The van der Waals surface area contributed by atoms with E-state index in [1.165, 1.54) is 12.8 Å². The van der Waals surface area contributed by atoms with Crippen LogP contribution in [0.2, 0.25) is 0 Å². The second kappa shape index (κ2) is 5.78. The summed E-state index contributed by atoms with van der Waals surface area (Å²) < 4.78 is 10.7. The van der Waals surface area contributed by atoms with Gasteiger partial charge in [0.05, 0.1) is 6.61 Å². The zero-order valence-corrected chi connectivity index (χ0v) is 12.9. The first-order valence-corrected chi connectivity index (χ1v) is 8.21. The summed E-state index contributed by atoms with van der Waals surface area (Å²) in [6.45, 7) is 4.45. The summed E-state index contributed by atoms with van der Waals surface area (Å²) in [5.41, 5.74) is -0.663. The molecule has 0 saturated heterocycles. The molecule has 1 aromatic rings. The van der Waals surface area contributed by atoms with Crippen molar-refractivity contribution >= 4 is 5.97 Å². The molecule has 2 unspecified atom stereocenters. The maximum absolute atomic E-state index is 12.2. The number of aromatic nitrogens is 2. The van der Waals surface area contributed by atoms with Gasteiger partial charge in [-0.3, -0.25) is 4.79 Å². The van der Waals surface area contributed by atoms with Gasteiger partial charge in [-0.1, -0.05) is 24.9 Å². The lowest BCUT2D eigenvalue weighted by Crippen LogP contribution is -2.44. The SMILES string of the molecule is CCOC(=O)C1(c2nc(C3CCC(CC)C3)no2)CCC1. The second-order valence-corrected chi connectivity index (χ2v) is 6.40. The van der Waals surface area contributed by atoms with Gasteiger partial charge in [-0.2, -0.15) is 4.98 Å². The molecule has 1 aromatic heterocycles. The maximum Gasteiger partial charge on any atom is 0.321 e. The van der Waals surface area contributed by atoms with Gasteiger partial charge in [0, 0.05) is 5.92 Å². The Labute approximate surface area is 125 Å². The van der Waals surface area contributed by atoms with Crippen LogP contribution in [0.1, 0.15) is 76.4 Å². The standard InChI is InChI=1S/C16H24N2O3/c1-3-11-6-7-12(10-11)13-17-14(21-18-13)16(8-5-9-16)15(19)20-4-2/h11-12H,3-10H2,1-2H3. The number of nitrogens with zero attached hydrogens (tertiary/aromatic N) is 2. The van der Waals surface area contributed by atoms with Crippen LogP contribution < -0.4 is 0 Å². The number of hydrogen-bond donors (Lipinski definition) is 0. The van der Waals surface area contributed by atoms with Crippen LogP contribution in [0.15, 0.2) is 4.52 Å². The lowest BCUT2D eigenvalue weighted by atomic mass is 9.68. The fourth-order valence-corrected chi connectivity index (χ4v) is 3.58. The Balaban J connectivity index is 1.76. The highest BCUT2D eigenvalue weighted by atomic mass is 16.5. The van der Waals surface area contributed by atoms with Crippen molar-refractivity contribution in [2.24, 2.45) is 5.92 Å². The Bertz CT molecular complexity index is 507. The fraction of sp³-hybridized carbons (Fsp3) is 0.812. The van der Waals surface area contributed by atoms with Gasteiger partial charge in [0.25, 0.3) is 0 Å². The van der Waals surface area contributed by atoms with Crippen LogP contribution in [0.25, 0.3) is 0 Å². The molecule has 0 bridgehead atoms. The minimum atomic E-state index is -0.663. The van der Waals surface area contributed by atoms with E-state index in [0.717, 1.165) is 43.8 Å². The highest BCUT2D eigenvalue weighted by molar-refractivity contribution is 5.83. The minimum absolute atomic E-state index is 0.204. The number of rotatable bonds is 5. The monoisotopic (exact) mass is 292 g/mol. The van der Waals surface area contributed by atoms with Gasteiger partial charge in [0.2, 0.25) is 5.89 Å². The Hall–Kier alpha value is -1.39. The van der Waals surface area contributed by atoms with E-state index in [9.17, 15) is 4.79 Å². The zero-order valence-electron chi connectivity index (χ0n) is 12.9. The van der Waals surface area contributed by atoms with Crippen molar-refractivity contribution in [2.75, 3.05) is 6.61 Å². The van der Waals surface area contributed by atoms with E-state index in [1.54, 1.807) is 0 Å². The molecule has 0 radical (unpaired) electrons. The van der Waals surface area contributed by atoms with E-state index >= 15 is 0 Å². The van der Waals surface area contributed by atoms with Crippen molar-refractivity contribution in [1.82, 2.24) is 10.1 Å². The van der Waals surface area contributed by atoms with Crippen LogP contribution in [-0.4, -0.2) is 22.7 Å². The molecule has 5 heteroatoms. The van der Waals surface area contributed by atoms with Gasteiger partial charge in [-0.05, 0) is 44.9 Å². The molecule has 116 valence electrons. The molecule has 2 aliphatic rings. The van der Waals surface area contributed by atoms with E-state index in [2.05, 4.69) is 17.1 Å². The van der Waals surface area contributed by atoms with Crippen molar-refractivity contribution in [1.29, 1.82) is 0 Å². The topological polar surface area (TPSA) is 65.2 Å². The molecule has 0 amide bonds. The lowest BCUT2D eigenvalue weighted by molar-refractivity contribution is -0.155. The molecule has 0 aliphatic heterocycles. The molecule has 2 aliphatic carbocycles. The fourth-order valence-electron chi connectivity index (χ4n) is 3.58. The largest absolute Gasteiger partial charge is 0.465 e. The summed E-state index contributed by atoms with van der Waals surface area (Å²) in [6, 6.07) is 0. The Morgan fingerprint density at radius 2 is 2.19 bits per heavy atom. The summed E-state index contributed by atoms with van der Waals surface area (Å²) in [4.78, 5) is 16.8. The van der Waals surface area contributed by atoms with Crippen LogP contribution in [0.4, 0.5) is 0 Å². The van der Waals surface area contributed by atoms with Crippen LogP contribution in [0, 0.1) is 5.92 Å². The molecule has 0 N–H and O–H groups in total. The lowest BCUT2D eigenvalue weighted by Gasteiger charge is -2.35. The van der Waals surface area contributed by atoms with Crippen LogP contribution in [-0.2, 0) is 14.9 Å². The van der Waals surface area contributed by atoms with Gasteiger partial charge in [0.15, 0.2) is 5.82 Å². The van der Waals surface area contributed by atoms with Crippen molar-refractivity contribution in [3.63, 3.8) is 0 Å². The van der Waals surface area contributed by atoms with Crippen LogP contribution >= 0.6 is 0 Å². The van der Waals surface area contributed by atoms with E-state index < -0.39 is 5.41 Å². The highest BCUT2D eigenvalue weighted by Crippen LogP contribution is 2.45. The van der Waals surface area contributed by atoms with Gasteiger partial charge in [0.1, 0.15) is 5.41 Å². The smallest absolute Gasteiger partial charge is 0.321 e.